The molecule has 1 N–H and O–H groups in total. The lowest BCUT2D eigenvalue weighted by atomic mass is 9.96. The van der Waals surface area contributed by atoms with Crippen molar-refractivity contribution in [2.45, 2.75) is 52.0 Å². The number of halogens is 2. The van der Waals surface area contributed by atoms with Gasteiger partial charge in [0.25, 0.3) is 0 Å². The number of nitrogens with one attached hydrogen (secondary N) is 1. The van der Waals surface area contributed by atoms with Gasteiger partial charge in [0.05, 0.1) is 28.8 Å². The van der Waals surface area contributed by atoms with Gasteiger partial charge in [-0.2, -0.15) is 5.26 Å². The molecular formula is C39H40Cl2N4O5. The van der Waals surface area contributed by atoms with Gasteiger partial charge in [-0.05, 0) is 68.2 Å². The van der Waals surface area contributed by atoms with Crippen LogP contribution in [0.5, 0.6) is 17.2 Å². The fraction of sp³-hybridized carbons (Fsp3) is 0.359. The number of likely N-dealkylation sites (tertiary alicyclic amines) is 1. The normalized spacial score (nSPS) is 17.6. The summed E-state index contributed by atoms with van der Waals surface area (Å²) >= 11 is 13.7. The van der Waals surface area contributed by atoms with Crippen molar-refractivity contribution in [3.8, 4) is 34.4 Å². The van der Waals surface area contributed by atoms with Gasteiger partial charge in [0.2, 0.25) is 0 Å². The maximum Gasteiger partial charge on any atom is 0.323 e. The summed E-state index contributed by atoms with van der Waals surface area (Å²) in [7, 11) is 2.15. The SMILES string of the molecule is Cc1c(COc2cc(OCc3cncc(C#N)c3)c(CN[C@H]3CCOC3=O)cc2Cl)cccc1-c1cccc(OCC2CCCN(C)C2)c1Cl. The van der Waals surface area contributed by atoms with Crippen LogP contribution in [-0.4, -0.2) is 55.2 Å². The van der Waals surface area contributed by atoms with Crippen molar-refractivity contribution in [2.24, 2.45) is 5.92 Å². The summed E-state index contributed by atoms with van der Waals surface area (Å²) in [6.07, 6.45) is 6.09. The van der Waals surface area contributed by atoms with Crippen molar-refractivity contribution < 1.29 is 23.7 Å². The predicted octanol–water partition coefficient (Wildman–Crippen LogP) is 7.52. The minimum Gasteiger partial charge on any atom is -0.492 e. The molecule has 0 radical (unpaired) electrons. The fourth-order valence-corrected chi connectivity index (χ4v) is 6.92. The molecule has 2 atom stereocenters. The number of carbonyl (C=O) groups excluding carboxylic acids is 1. The molecule has 0 bridgehead atoms. The van der Waals surface area contributed by atoms with E-state index in [9.17, 15) is 10.1 Å². The summed E-state index contributed by atoms with van der Waals surface area (Å²) in [4.78, 5) is 18.5. The molecule has 3 heterocycles. The van der Waals surface area contributed by atoms with E-state index in [4.69, 9.17) is 42.1 Å². The quantitative estimate of drug-likeness (QED) is 0.141. The van der Waals surface area contributed by atoms with Crippen LogP contribution in [0.2, 0.25) is 10.0 Å². The number of rotatable bonds is 13. The standard InChI is InChI=1S/C39H40Cl2N4O5/c1-25-29(7-3-8-31(25)32-9-4-10-35(38(32)41)48-22-26-6-5-12-45(2)21-26)24-50-37-16-36(49-23-28-14-27(17-42)18-43-19-28)30(15-33(37)40)20-44-34-11-13-47-39(34)46/h3-4,7-10,14-16,18-19,26,34,44H,5-6,11-13,20-24H2,1-2H3/t26?,34-/m0/s1. The zero-order valence-electron chi connectivity index (χ0n) is 28.2. The van der Waals surface area contributed by atoms with E-state index in [1.165, 1.54) is 12.6 Å². The molecule has 0 spiro atoms. The highest BCUT2D eigenvalue weighted by atomic mass is 35.5. The highest BCUT2D eigenvalue weighted by molar-refractivity contribution is 6.35. The molecule has 2 aliphatic heterocycles. The third-order valence-corrected chi connectivity index (χ3v) is 9.87. The van der Waals surface area contributed by atoms with Crippen molar-refractivity contribution in [3.63, 3.8) is 0 Å². The first-order chi connectivity index (χ1) is 24.3. The molecule has 1 aromatic heterocycles. The second kappa shape index (κ2) is 16.6. The molecule has 0 saturated carbocycles. The maximum absolute atomic E-state index is 12.1. The number of nitrogens with zero attached hydrogens (tertiary/aromatic N) is 3. The number of cyclic esters (lactones) is 1. The van der Waals surface area contributed by atoms with Gasteiger partial charge in [0, 0.05) is 60.6 Å². The van der Waals surface area contributed by atoms with E-state index >= 15 is 0 Å². The van der Waals surface area contributed by atoms with Crippen LogP contribution in [0.15, 0.2) is 67.0 Å². The number of hydrogen-bond donors (Lipinski definition) is 1. The first-order valence-electron chi connectivity index (χ1n) is 16.8. The van der Waals surface area contributed by atoms with Crippen LogP contribution < -0.4 is 19.5 Å². The fourth-order valence-electron chi connectivity index (χ4n) is 6.40. The Morgan fingerprint density at radius 3 is 2.60 bits per heavy atom. The van der Waals surface area contributed by atoms with Crippen LogP contribution >= 0.6 is 23.2 Å². The molecule has 260 valence electrons. The van der Waals surface area contributed by atoms with E-state index in [2.05, 4.69) is 41.3 Å². The minimum atomic E-state index is -0.399. The monoisotopic (exact) mass is 714 g/mol. The van der Waals surface area contributed by atoms with Gasteiger partial charge >= 0.3 is 5.97 Å². The Morgan fingerprint density at radius 1 is 0.980 bits per heavy atom. The van der Waals surface area contributed by atoms with Gasteiger partial charge in [0.1, 0.15) is 42.6 Å². The summed E-state index contributed by atoms with van der Waals surface area (Å²) in [5.41, 5.74) is 5.82. The van der Waals surface area contributed by atoms with Gasteiger partial charge in [-0.3, -0.25) is 9.78 Å². The lowest BCUT2D eigenvalue weighted by Crippen LogP contribution is -2.34. The molecular weight excluding hydrogens is 675 g/mol. The highest BCUT2D eigenvalue weighted by Gasteiger charge is 2.26. The molecule has 2 fully saturated rings. The number of aromatic nitrogens is 1. The molecule has 6 rings (SSSR count). The second-order valence-corrected chi connectivity index (χ2v) is 13.6. The number of hydrogen-bond acceptors (Lipinski definition) is 9. The van der Waals surface area contributed by atoms with E-state index in [1.54, 1.807) is 24.4 Å². The lowest BCUT2D eigenvalue weighted by Gasteiger charge is -2.29. The molecule has 50 heavy (non-hydrogen) atoms. The van der Waals surface area contributed by atoms with Crippen LogP contribution in [-0.2, 0) is 29.3 Å². The number of esters is 1. The number of ether oxygens (including phenoxy) is 4. The van der Waals surface area contributed by atoms with Gasteiger partial charge in [0.15, 0.2) is 0 Å². The molecule has 0 amide bonds. The topological polar surface area (TPSA) is 106 Å². The average molecular weight is 716 g/mol. The van der Waals surface area contributed by atoms with Crippen LogP contribution in [0, 0.1) is 24.2 Å². The van der Waals surface area contributed by atoms with E-state index in [1.807, 2.05) is 30.3 Å². The number of nitriles is 1. The van der Waals surface area contributed by atoms with Crippen LogP contribution in [0.4, 0.5) is 0 Å². The molecule has 2 aliphatic rings. The summed E-state index contributed by atoms with van der Waals surface area (Å²) in [5, 5.41) is 13.5. The van der Waals surface area contributed by atoms with Crippen LogP contribution in [0.1, 0.15) is 47.1 Å². The van der Waals surface area contributed by atoms with Crippen molar-refractivity contribution in [1.82, 2.24) is 15.2 Å². The Hall–Kier alpha value is -4.33. The summed E-state index contributed by atoms with van der Waals surface area (Å²) in [5.74, 6) is 1.87. The first kappa shape index (κ1) is 35.5. The van der Waals surface area contributed by atoms with E-state index in [0.29, 0.717) is 65.0 Å². The summed E-state index contributed by atoms with van der Waals surface area (Å²) < 4.78 is 23.9. The Labute approximate surface area is 303 Å². The molecule has 2 saturated heterocycles. The van der Waals surface area contributed by atoms with E-state index in [-0.39, 0.29) is 19.2 Å². The molecule has 0 aliphatic carbocycles. The third kappa shape index (κ3) is 8.69. The van der Waals surface area contributed by atoms with Crippen molar-refractivity contribution in [1.29, 1.82) is 5.26 Å². The Balaban J connectivity index is 1.19. The summed E-state index contributed by atoms with van der Waals surface area (Å²) in [6.45, 7) is 5.99. The van der Waals surface area contributed by atoms with Gasteiger partial charge in [-0.15, -0.1) is 0 Å². The minimum absolute atomic E-state index is 0.171. The highest BCUT2D eigenvalue weighted by Crippen LogP contribution is 2.39. The largest absolute Gasteiger partial charge is 0.492 e. The van der Waals surface area contributed by atoms with Gasteiger partial charge < -0.3 is 29.2 Å². The molecule has 11 heteroatoms. The van der Waals surface area contributed by atoms with Crippen LogP contribution in [0.3, 0.4) is 0 Å². The Kier molecular flexibility index (Phi) is 11.8. The van der Waals surface area contributed by atoms with Gasteiger partial charge in [-0.1, -0.05) is 53.5 Å². The van der Waals surface area contributed by atoms with E-state index in [0.717, 1.165) is 52.9 Å². The Morgan fingerprint density at radius 2 is 1.80 bits per heavy atom. The maximum atomic E-state index is 12.1. The summed E-state index contributed by atoms with van der Waals surface area (Å²) in [6, 6.07) is 19.0. The average Bonchev–Trinajstić information content (AvgIpc) is 3.54. The van der Waals surface area contributed by atoms with E-state index < -0.39 is 6.04 Å². The number of piperidine rings is 1. The molecule has 3 aromatic carbocycles. The van der Waals surface area contributed by atoms with Crippen molar-refractivity contribution in [3.05, 3.63) is 105 Å². The van der Waals surface area contributed by atoms with Crippen molar-refractivity contribution in [2.75, 3.05) is 33.4 Å². The number of benzene rings is 3. The molecule has 1 unspecified atom stereocenters. The lowest BCUT2D eigenvalue weighted by molar-refractivity contribution is -0.139. The van der Waals surface area contributed by atoms with Crippen molar-refractivity contribution >= 4 is 29.2 Å². The molecule has 4 aromatic rings. The van der Waals surface area contributed by atoms with Crippen LogP contribution in [0.25, 0.3) is 11.1 Å². The smallest absolute Gasteiger partial charge is 0.323 e. The number of pyridine rings is 1. The first-order valence-corrected chi connectivity index (χ1v) is 17.6. The predicted molar refractivity (Wildman–Crippen MR) is 193 cm³/mol. The Bertz CT molecular complexity index is 1880. The molecule has 9 nitrogen and oxygen atoms in total. The van der Waals surface area contributed by atoms with Gasteiger partial charge in [-0.25, -0.2) is 0 Å². The zero-order chi connectivity index (χ0) is 35.0. The third-order valence-electron chi connectivity index (χ3n) is 9.19. The number of carbonyl (C=O) groups is 1. The zero-order valence-corrected chi connectivity index (χ0v) is 29.7. The second-order valence-electron chi connectivity index (χ2n) is 12.8.